The van der Waals surface area contributed by atoms with E-state index in [9.17, 15) is 4.79 Å². The highest BCUT2D eigenvalue weighted by atomic mass is 16.7. The molecule has 16 heavy (non-hydrogen) atoms. The Bertz CT molecular complexity index is 283. The molecule has 2 aliphatic rings. The molecule has 0 aromatic carbocycles. The molecular formula is C12H21BO3. The van der Waals surface area contributed by atoms with Gasteiger partial charge in [-0.25, -0.2) is 0 Å². The summed E-state index contributed by atoms with van der Waals surface area (Å²) >= 11 is 0. The lowest BCUT2D eigenvalue weighted by atomic mass is 9.64. The van der Waals surface area contributed by atoms with Crippen LogP contribution in [0.4, 0.5) is 0 Å². The van der Waals surface area contributed by atoms with Crippen LogP contribution in [0.1, 0.15) is 53.4 Å². The molecule has 0 aromatic heterocycles. The molecule has 1 aliphatic carbocycles. The van der Waals surface area contributed by atoms with E-state index < -0.39 is 0 Å². The van der Waals surface area contributed by atoms with Gasteiger partial charge in [-0.2, -0.15) is 0 Å². The lowest BCUT2D eigenvalue weighted by Crippen LogP contribution is -2.41. The monoisotopic (exact) mass is 224 g/mol. The quantitative estimate of drug-likeness (QED) is 0.642. The summed E-state index contributed by atoms with van der Waals surface area (Å²) in [5.41, 5.74) is -0.648. The van der Waals surface area contributed by atoms with Gasteiger partial charge in [-0.3, -0.25) is 4.79 Å². The molecule has 4 heteroatoms. The number of rotatable bonds is 1. The van der Waals surface area contributed by atoms with Crippen molar-refractivity contribution < 1.29 is 14.1 Å². The van der Waals surface area contributed by atoms with Crippen molar-refractivity contribution in [3.05, 3.63) is 0 Å². The number of ketones is 1. The molecule has 0 aromatic rings. The SMILES string of the molecule is CC1(C)OB(C2CCCCC2=O)OC1(C)C. The van der Waals surface area contributed by atoms with Gasteiger partial charge in [0.15, 0.2) is 0 Å². The van der Waals surface area contributed by atoms with Crippen LogP contribution in [-0.4, -0.2) is 24.1 Å². The second-order valence-corrected chi connectivity index (χ2v) is 5.94. The maximum absolute atomic E-state index is 11.8. The van der Waals surface area contributed by atoms with Crippen LogP contribution in [0.2, 0.25) is 5.82 Å². The van der Waals surface area contributed by atoms with Crippen molar-refractivity contribution in [2.75, 3.05) is 0 Å². The first-order valence-corrected chi connectivity index (χ1v) is 6.22. The lowest BCUT2D eigenvalue weighted by Gasteiger charge is -2.32. The van der Waals surface area contributed by atoms with E-state index in [1.807, 2.05) is 27.7 Å². The van der Waals surface area contributed by atoms with E-state index in [4.69, 9.17) is 9.31 Å². The van der Waals surface area contributed by atoms with E-state index in [-0.39, 0.29) is 24.1 Å². The Morgan fingerprint density at radius 2 is 1.69 bits per heavy atom. The fraction of sp³-hybridized carbons (Fsp3) is 0.917. The van der Waals surface area contributed by atoms with Gasteiger partial charge in [0.25, 0.3) is 0 Å². The van der Waals surface area contributed by atoms with Crippen molar-refractivity contribution in [3.63, 3.8) is 0 Å². The third-order valence-electron chi connectivity index (χ3n) is 4.20. The number of hydrogen-bond donors (Lipinski definition) is 0. The standard InChI is InChI=1S/C12H21BO3/c1-11(2)12(3,4)16-13(15-11)9-7-5-6-8-10(9)14/h9H,5-8H2,1-4H3. The van der Waals surface area contributed by atoms with Crippen LogP contribution in [0, 0.1) is 0 Å². The molecule has 1 saturated heterocycles. The Morgan fingerprint density at radius 1 is 1.12 bits per heavy atom. The molecule has 90 valence electrons. The molecule has 1 atom stereocenters. The Labute approximate surface area is 98.0 Å². The molecule has 1 saturated carbocycles. The molecule has 0 bridgehead atoms. The first-order valence-electron chi connectivity index (χ1n) is 6.22. The Morgan fingerprint density at radius 3 is 2.19 bits per heavy atom. The lowest BCUT2D eigenvalue weighted by molar-refractivity contribution is -0.120. The highest BCUT2D eigenvalue weighted by Crippen LogP contribution is 2.42. The van der Waals surface area contributed by atoms with Gasteiger partial charge in [-0.15, -0.1) is 0 Å². The summed E-state index contributed by atoms with van der Waals surface area (Å²) in [5.74, 6) is 0.263. The van der Waals surface area contributed by atoms with Crippen LogP contribution in [-0.2, 0) is 14.1 Å². The van der Waals surface area contributed by atoms with Gasteiger partial charge in [-0.1, -0.05) is 6.42 Å². The van der Waals surface area contributed by atoms with Crippen LogP contribution in [0.5, 0.6) is 0 Å². The van der Waals surface area contributed by atoms with E-state index in [0.717, 1.165) is 19.3 Å². The Balaban J connectivity index is 2.10. The van der Waals surface area contributed by atoms with Crippen LogP contribution >= 0.6 is 0 Å². The molecule has 2 fully saturated rings. The number of hydrogen-bond acceptors (Lipinski definition) is 3. The summed E-state index contributed by atoms with van der Waals surface area (Å²) in [7, 11) is -0.335. The second kappa shape index (κ2) is 3.85. The predicted octanol–water partition coefficient (Wildman–Crippen LogP) is 2.59. The molecule has 0 spiro atoms. The van der Waals surface area contributed by atoms with Crippen molar-refractivity contribution in [3.8, 4) is 0 Å². The minimum atomic E-state index is -0.335. The normalized spacial score (nSPS) is 33.1. The summed E-state index contributed by atoms with van der Waals surface area (Å²) in [5, 5.41) is 0. The second-order valence-electron chi connectivity index (χ2n) is 5.94. The van der Waals surface area contributed by atoms with Gasteiger partial charge >= 0.3 is 7.12 Å². The summed E-state index contributed by atoms with van der Waals surface area (Å²) < 4.78 is 11.9. The number of carbonyl (C=O) groups is 1. The summed E-state index contributed by atoms with van der Waals surface area (Å²) in [6.45, 7) is 8.11. The topological polar surface area (TPSA) is 35.5 Å². The van der Waals surface area contributed by atoms with Crippen molar-refractivity contribution in [2.45, 2.75) is 70.4 Å². The van der Waals surface area contributed by atoms with Crippen molar-refractivity contribution in [2.24, 2.45) is 0 Å². The molecular weight excluding hydrogens is 203 g/mol. The van der Waals surface area contributed by atoms with Gasteiger partial charge in [0, 0.05) is 6.42 Å². The molecule has 1 heterocycles. The Hall–Kier alpha value is -0.345. The van der Waals surface area contributed by atoms with Crippen LogP contribution < -0.4 is 0 Å². The van der Waals surface area contributed by atoms with Crippen LogP contribution in [0.15, 0.2) is 0 Å². The number of carbonyl (C=O) groups excluding carboxylic acids is 1. The van der Waals surface area contributed by atoms with E-state index >= 15 is 0 Å². The van der Waals surface area contributed by atoms with Gasteiger partial charge < -0.3 is 9.31 Å². The highest BCUT2D eigenvalue weighted by Gasteiger charge is 2.55. The smallest absolute Gasteiger partial charge is 0.403 e. The molecule has 2 rings (SSSR count). The zero-order chi connectivity index (χ0) is 12.0. The van der Waals surface area contributed by atoms with Gasteiger partial charge in [0.05, 0.1) is 17.0 Å². The van der Waals surface area contributed by atoms with Gasteiger partial charge in [0.1, 0.15) is 5.78 Å². The fourth-order valence-electron chi connectivity index (χ4n) is 2.35. The average Bonchev–Trinajstić information content (AvgIpc) is 2.36. The average molecular weight is 224 g/mol. The molecule has 0 N–H and O–H groups in total. The minimum absolute atomic E-state index is 0.0465. The van der Waals surface area contributed by atoms with Crippen molar-refractivity contribution in [1.29, 1.82) is 0 Å². The molecule has 0 radical (unpaired) electrons. The molecule has 3 nitrogen and oxygen atoms in total. The largest absolute Gasteiger partial charge is 0.468 e. The van der Waals surface area contributed by atoms with Crippen molar-refractivity contribution >= 4 is 12.9 Å². The molecule has 0 amide bonds. The number of Topliss-reactive ketones (excluding diaryl/α,β-unsaturated/α-hetero) is 1. The minimum Gasteiger partial charge on any atom is -0.403 e. The van der Waals surface area contributed by atoms with Gasteiger partial charge in [0.2, 0.25) is 0 Å². The zero-order valence-corrected chi connectivity index (χ0v) is 10.7. The van der Waals surface area contributed by atoms with E-state index in [0.29, 0.717) is 12.2 Å². The van der Waals surface area contributed by atoms with Crippen LogP contribution in [0.3, 0.4) is 0 Å². The first-order chi connectivity index (χ1) is 7.33. The molecule has 1 unspecified atom stereocenters. The fourth-order valence-corrected chi connectivity index (χ4v) is 2.35. The van der Waals surface area contributed by atoms with Crippen molar-refractivity contribution in [1.82, 2.24) is 0 Å². The predicted molar refractivity (Wildman–Crippen MR) is 63.3 cm³/mol. The Kier molecular flexibility index (Phi) is 2.91. The van der Waals surface area contributed by atoms with E-state index in [2.05, 4.69) is 0 Å². The first kappa shape index (κ1) is 12.1. The summed E-state index contributed by atoms with van der Waals surface area (Å²) in [6, 6.07) is 0. The zero-order valence-electron chi connectivity index (χ0n) is 10.7. The van der Waals surface area contributed by atoms with Gasteiger partial charge in [-0.05, 0) is 40.5 Å². The van der Waals surface area contributed by atoms with Crippen LogP contribution in [0.25, 0.3) is 0 Å². The summed E-state index contributed by atoms with van der Waals surface area (Å²) in [6.07, 6.45) is 3.74. The summed E-state index contributed by atoms with van der Waals surface area (Å²) in [4.78, 5) is 11.8. The third-order valence-corrected chi connectivity index (χ3v) is 4.20. The highest BCUT2D eigenvalue weighted by molar-refractivity contribution is 6.53. The third kappa shape index (κ3) is 1.93. The maximum atomic E-state index is 11.8. The molecule has 1 aliphatic heterocycles. The van der Waals surface area contributed by atoms with E-state index in [1.54, 1.807) is 0 Å². The van der Waals surface area contributed by atoms with E-state index in [1.165, 1.54) is 0 Å². The maximum Gasteiger partial charge on any atom is 0.468 e.